The molecule has 2 rings (SSSR count). The Hall–Kier alpha value is -2.01. The van der Waals surface area contributed by atoms with Crippen molar-refractivity contribution >= 4 is 0 Å². The third-order valence-corrected chi connectivity index (χ3v) is 3.45. The van der Waals surface area contributed by atoms with Crippen LogP contribution in [-0.4, -0.2) is 16.5 Å². The number of aromatic amines is 1. The van der Waals surface area contributed by atoms with Gasteiger partial charge >= 0.3 is 0 Å². The number of aryl methyl sites for hydroxylation is 2. The molecule has 0 aliphatic heterocycles. The van der Waals surface area contributed by atoms with Crippen molar-refractivity contribution < 1.29 is 4.39 Å². The van der Waals surface area contributed by atoms with Crippen LogP contribution in [0.2, 0.25) is 0 Å². The first-order chi connectivity index (χ1) is 9.97. The second-order valence-corrected chi connectivity index (χ2v) is 5.21. The van der Waals surface area contributed by atoms with E-state index in [0.29, 0.717) is 24.4 Å². The first kappa shape index (κ1) is 15.4. The predicted molar refractivity (Wildman–Crippen MR) is 80.9 cm³/mol. The molecular weight excluding hydrogens is 269 g/mol. The molecule has 0 saturated heterocycles. The second kappa shape index (κ2) is 6.63. The maximum absolute atomic E-state index is 13.1. The fourth-order valence-corrected chi connectivity index (χ4v) is 2.47. The van der Waals surface area contributed by atoms with Crippen LogP contribution < -0.4 is 10.9 Å². The van der Waals surface area contributed by atoms with Gasteiger partial charge in [0.05, 0.1) is 5.56 Å². The monoisotopic (exact) mass is 289 g/mol. The van der Waals surface area contributed by atoms with E-state index in [1.54, 1.807) is 13.0 Å². The zero-order valence-electron chi connectivity index (χ0n) is 12.5. The molecule has 1 atom stereocenters. The van der Waals surface area contributed by atoms with Crippen LogP contribution in [0.3, 0.4) is 0 Å². The molecule has 21 heavy (non-hydrogen) atoms. The fourth-order valence-electron chi connectivity index (χ4n) is 2.47. The van der Waals surface area contributed by atoms with Crippen LogP contribution in [0.1, 0.15) is 35.6 Å². The molecule has 0 amide bonds. The van der Waals surface area contributed by atoms with Gasteiger partial charge in [0.15, 0.2) is 0 Å². The van der Waals surface area contributed by atoms with Crippen LogP contribution in [0.15, 0.2) is 29.1 Å². The molecule has 0 aliphatic rings. The lowest BCUT2D eigenvalue weighted by Gasteiger charge is -2.15. The number of hydrogen-bond acceptors (Lipinski definition) is 3. The molecule has 0 radical (unpaired) electrons. The maximum atomic E-state index is 13.1. The highest BCUT2D eigenvalue weighted by atomic mass is 19.1. The van der Waals surface area contributed by atoms with Crippen molar-refractivity contribution in [2.75, 3.05) is 6.54 Å². The van der Waals surface area contributed by atoms with Gasteiger partial charge in [0.25, 0.3) is 5.56 Å². The van der Waals surface area contributed by atoms with Gasteiger partial charge in [0.1, 0.15) is 11.6 Å². The Morgan fingerprint density at radius 2 is 2.14 bits per heavy atom. The van der Waals surface area contributed by atoms with Gasteiger partial charge in [-0.1, -0.05) is 12.1 Å². The fraction of sp³-hybridized carbons (Fsp3) is 0.375. The van der Waals surface area contributed by atoms with Crippen molar-refractivity contribution in [1.82, 2.24) is 15.3 Å². The Balaban J connectivity index is 1.99. The third-order valence-electron chi connectivity index (χ3n) is 3.45. The average molecular weight is 289 g/mol. The van der Waals surface area contributed by atoms with Gasteiger partial charge in [-0.3, -0.25) is 4.79 Å². The summed E-state index contributed by atoms with van der Waals surface area (Å²) in [5.74, 6) is 0.392. The Kier molecular flexibility index (Phi) is 4.85. The molecular formula is C16H20FN3O. The number of H-pyrrole nitrogens is 1. The smallest absolute Gasteiger partial charge is 0.255 e. The second-order valence-electron chi connectivity index (χ2n) is 5.21. The minimum Gasteiger partial charge on any atom is -0.310 e. The number of hydrogen-bond donors (Lipinski definition) is 2. The van der Waals surface area contributed by atoms with E-state index in [4.69, 9.17) is 0 Å². The number of halogens is 1. The summed E-state index contributed by atoms with van der Waals surface area (Å²) in [4.78, 5) is 19.0. The number of rotatable bonds is 5. The Morgan fingerprint density at radius 1 is 1.38 bits per heavy atom. The number of nitrogens with one attached hydrogen (secondary N) is 2. The summed E-state index contributed by atoms with van der Waals surface area (Å²) in [5, 5.41) is 3.29. The van der Waals surface area contributed by atoms with Crippen molar-refractivity contribution in [3.05, 3.63) is 63.1 Å². The highest BCUT2D eigenvalue weighted by Crippen LogP contribution is 2.11. The first-order valence-electron chi connectivity index (χ1n) is 7.02. The molecule has 0 fully saturated rings. The van der Waals surface area contributed by atoms with Gasteiger partial charge in [-0.25, -0.2) is 9.37 Å². The highest BCUT2D eigenvalue weighted by molar-refractivity contribution is 5.20. The zero-order chi connectivity index (χ0) is 15.4. The van der Waals surface area contributed by atoms with Gasteiger partial charge in [0.2, 0.25) is 0 Å². The van der Waals surface area contributed by atoms with Crippen LogP contribution in [0.25, 0.3) is 0 Å². The molecule has 5 heteroatoms. The van der Waals surface area contributed by atoms with Crippen LogP contribution in [0, 0.1) is 19.7 Å². The molecule has 1 aromatic carbocycles. The molecule has 0 aliphatic carbocycles. The summed E-state index contributed by atoms with van der Waals surface area (Å²) in [5.41, 5.74) is 2.22. The molecule has 0 bridgehead atoms. The van der Waals surface area contributed by atoms with E-state index in [9.17, 15) is 9.18 Å². The van der Waals surface area contributed by atoms with Gasteiger partial charge < -0.3 is 10.3 Å². The molecule has 2 aromatic rings. The summed E-state index contributed by atoms with van der Waals surface area (Å²) in [6, 6.07) is 6.45. The molecule has 1 heterocycles. The molecule has 112 valence electrons. The van der Waals surface area contributed by atoms with Gasteiger partial charge in [-0.05, 0) is 51.4 Å². The van der Waals surface area contributed by atoms with E-state index in [2.05, 4.69) is 15.3 Å². The van der Waals surface area contributed by atoms with Crippen molar-refractivity contribution in [3.8, 4) is 0 Å². The van der Waals surface area contributed by atoms with Crippen LogP contribution in [-0.2, 0) is 6.42 Å². The zero-order valence-corrected chi connectivity index (χ0v) is 12.5. The third kappa shape index (κ3) is 3.98. The van der Waals surface area contributed by atoms with Crippen LogP contribution >= 0.6 is 0 Å². The minimum absolute atomic E-state index is 0.101. The molecule has 0 saturated carbocycles. The summed E-state index contributed by atoms with van der Waals surface area (Å²) in [6.45, 7) is 6.19. The molecule has 1 aromatic heterocycles. The van der Waals surface area contributed by atoms with Crippen molar-refractivity contribution in [3.63, 3.8) is 0 Å². The van der Waals surface area contributed by atoms with E-state index in [0.717, 1.165) is 11.3 Å². The Morgan fingerprint density at radius 3 is 2.81 bits per heavy atom. The van der Waals surface area contributed by atoms with E-state index in [1.807, 2.05) is 19.9 Å². The molecule has 0 spiro atoms. The largest absolute Gasteiger partial charge is 0.310 e. The molecule has 4 nitrogen and oxygen atoms in total. The number of aromatic nitrogens is 2. The van der Waals surface area contributed by atoms with Crippen LogP contribution in [0.5, 0.6) is 0 Å². The predicted octanol–water partition coefficient (Wildman–Crippen LogP) is 2.42. The topological polar surface area (TPSA) is 57.8 Å². The Bertz CT molecular complexity index is 681. The lowest BCUT2D eigenvalue weighted by atomic mass is 10.1. The highest BCUT2D eigenvalue weighted by Gasteiger charge is 2.13. The van der Waals surface area contributed by atoms with E-state index in [-0.39, 0.29) is 17.4 Å². The number of nitrogens with zero attached hydrogens (tertiary/aromatic N) is 1. The number of benzene rings is 1. The summed E-state index contributed by atoms with van der Waals surface area (Å²) >= 11 is 0. The normalized spacial score (nSPS) is 12.4. The van der Waals surface area contributed by atoms with Gasteiger partial charge in [-0.2, -0.15) is 0 Å². The Labute approximate surface area is 123 Å². The standard InChI is InChI=1S/C16H20FN3O/c1-10(15-11(2)19-12(3)20-16(15)21)18-8-7-13-5-4-6-14(17)9-13/h4-6,9-10,18H,7-8H2,1-3H3,(H,19,20,21). The van der Waals surface area contributed by atoms with E-state index in [1.165, 1.54) is 12.1 Å². The van der Waals surface area contributed by atoms with E-state index >= 15 is 0 Å². The summed E-state index contributed by atoms with van der Waals surface area (Å²) < 4.78 is 13.1. The summed E-state index contributed by atoms with van der Waals surface area (Å²) in [6.07, 6.45) is 0.707. The van der Waals surface area contributed by atoms with Gasteiger partial charge in [0, 0.05) is 11.7 Å². The SMILES string of the molecule is Cc1nc(C)c(C(C)NCCc2cccc(F)c2)c(=O)[nH]1. The van der Waals surface area contributed by atoms with E-state index < -0.39 is 0 Å². The van der Waals surface area contributed by atoms with Crippen molar-refractivity contribution in [1.29, 1.82) is 0 Å². The quantitative estimate of drug-likeness (QED) is 0.888. The first-order valence-corrected chi connectivity index (χ1v) is 7.02. The van der Waals surface area contributed by atoms with Gasteiger partial charge in [-0.15, -0.1) is 0 Å². The van der Waals surface area contributed by atoms with Crippen molar-refractivity contribution in [2.24, 2.45) is 0 Å². The average Bonchev–Trinajstić information content (AvgIpc) is 2.37. The summed E-state index contributed by atoms with van der Waals surface area (Å²) in [7, 11) is 0. The van der Waals surface area contributed by atoms with Crippen molar-refractivity contribution in [2.45, 2.75) is 33.2 Å². The molecule has 2 N–H and O–H groups in total. The minimum atomic E-state index is -0.226. The van der Waals surface area contributed by atoms with Crippen LogP contribution in [0.4, 0.5) is 4.39 Å². The lowest BCUT2D eigenvalue weighted by molar-refractivity contribution is 0.563. The molecule has 1 unspecified atom stereocenters. The lowest BCUT2D eigenvalue weighted by Crippen LogP contribution is -2.29. The maximum Gasteiger partial charge on any atom is 0.255 e.